The summed E-state index contributed by atoms with van der Waals surface area (Å²) in [5, 5.41) is 9.13. The molecule has 0 amide bonds. The summed E-state index contributed by atoms with van der Waals surface area (Å²) in [7, 11) is 0. The molecular weight excluding hydrogens is 236 g/mol. The molecule has 2 rings (SSSR count). The molecule has 1 aromatic carbocycles. The molecule has 16 heavy (non-hydrogen) atoms. The van der Waals surface area contributed by atoms with Gasteiger partial charge in [0.1, 0.15) is 0 Å². The summed E-state index contributed by atoms with van der Waals surface area (Å²) < 4.78 is 15.5. The fraction of sp³-hybridized carbons (Fsp3) is 0.300. The molecule has 1 aromatic rings. The molecule has 1 unspecified atom stereocenters. The molecule has 6 heteroatoms. The minimum Gasteiger partial charge on any atom is -0.479 e. The molecular formula is C10H9ClO5. The van der Waals surface area contributed by atoms with E-state index in [1.165, 1.54) is 6.92 Å². The van der Waals surface area contributed by atoms with E-state index in [9.17, 15) is 4.79 Å². The average molecular weight is 245 g/mol. The molecule has 1 atom stereocenters. The quantitative estimate of drug-likeness (QED) is 0.880. The smallest absolute Gasteiger partial charge is 0.344 e. The summed E-state index contributed by atoms with van der Waals surface area (Å²) in [6.07, 6.45) is -0.963. The highest BCUT2D eigenvalue weighted by Gasteiger charge is 2.24. The zero-order valence-corrected chi connectivity index (χ0v) is 9.15. The molecule has 0 bridgehead atoms. The number of hydrogen-bond acceptors (Lipinski definition) is 4. The van der Waals surface area contributed by atoms with E-state index in [0.717, 1.165) is 0 Å². The Bertz CT molecular complexity index is 431. The molecule has 86 valence electrons. The van der Waals surface area contributed by atoms with Gasteiger partial charge in [0.05, 0.1) is 5.02 Å². The fourth-order valence-electron chi connectivity index (χ4n) is 1.27. The van der Waals surface area contributed by atoms with Crippen LogP contribution in [0.4, 0.5) is 0 Å². The Kier molecular flexibility index (Phi) is 2.78. The van der Waals surface area contributed by atoms with Crippen LogP contribution >= 0.6 is 11.6 Å². The van der Waals surface area contributed by atoms with Crippen LogP contribution in [0, 0.1) is 0 Å². The molecule has 0 saturated carbocycles. The van der Waals surface area contributed by atoms with Gasteiger partial charge in [-0.2, -0.15) is 0 Å². The number of halogens is 1. The lowest BCUT2D eigenvalue weighted by Gasteiger charge is -2.12. The van der Waals surface area contributed by atoms with Gasteiger partial charge in [0, 0.05) is 0 Å². The van der Waals surface area contributed by atoms with Gasteiger partial charge in [0.2, 0.25) is 12.5 Å². The summed E-state index contributed by atoms with van der Waals surface area (Å²) >= 11 is 5.86. The second-order valence-electron chi connectivity index (χ2n) is 3.21. The number of ether oxygens (including phenoxy) is 3. The number of aliphatic carboxylic acids is 1. The maximum atomic E-state index is 10.6. The van der Waals surface area contributed by atoms with Crippen LogP contribution in [0.15, 0.2) is 12.1 Å². The van der Waals surface area contributed by atoms with E-state index < -0.39 is 12.1 Å². The van der Waals surface area contributed by atoms with Gasteiger partial charge in [0.15, 0.2) is 17.6 Å². The van der Waals surface area contributed by atoms with Gasteiger partial charge in [-0.3, -0.25) is 0 Å². The molecule has 0 saturated heterocycles. The molecule has 1 heterocycles. The number of carbonyl (C=O) groups is 1. The molecule has 5 nitrogen and oxygen atoms in total. The van der Waals surface area contributed by atoms with Crippen molar-refractivity contribution in [3.8, 4) is 17.2 Å². The van der Waals surface area contributed by atoms with Crippen molar-refractivity contribution in [2.24, 2.45) is 0 Å². The fourth-order valence-corrected chi connectivity index (χ4v) is 1.48. The number of carboxylic acids is 1. The highest BCUT2D eigenvalue weighted by atomic mass is 35.5. The van der Waals surface area contributed by atoms with Gasteiger partial charge < -0.3 is 19.3 Å². The first-order valence-electron chi connectivity index (χ1n) is 4.57. The van der Waals surface area contributed by atoms with E-state index >= 15 is 0 Å². The molecule has 0 fully saturated rings. The monoisotopic (exact) mass is 244 g/mol. The van der Waals surface area contributed by atoms with Crippen molar-refractivity contribution in [1.29, 1.82) is 0 Å². The van der Waals surface area contributed by atoms with E-state index in [1.807, 2.05) is 0 Å². The second kappa shape index (κ2) is 4.09. The molecule has 0 radical (unpaired) electrons. The summed E-state index contributed by atoms with van der Waals surface area (Å²) in [6.45, 7) is 1.48. The zero-order chi connectivity index (χ0) is 11.7. The van der Waals surface area contributed by atoms with Crippen molar-refractivity contribution in [1.82, 2.24) is 0 Å². The molecule has 0 aliphatic carbocycles. The third-order valence-corrected chi connectivity index (χ3v) is 2.38. The van der Waals surface area contributed by atoms with Crippen LogP contribution in [0.3, 0.4) is 0 Å². The molecule has 1 N–H and O–H groups in total. The highest BCUT2D eigenvalue weighted by Crippen LogP contribution is 2.45. The minimum absolute atomic E-state index is 0.0525. The number of carboxylic acid groups (broad SMARTS) is 1. The van der Waals surface area contributed by atoms with Crippen molar-refractivity contribution in [3.63, 3.8) is 0 Å². The van der Waals surface area contributed by atoms with Crippen molar-refractivity contribution >= 4 is 17.6 Å². The van der Waals surface area contributed by atoms with Crippen LogP contribution in [0.2, 0.25) is 5.02 Å². The maximum Gasteiger partial charge on any atom is 0.344 e. The number of rotatable bonds is 3. The first-order chi connectivity index (χ1) is 7.59. The third-order valence-electron chi connectivity index (χ3n) is 2.09. The van der Waals surface area contributed by atoms with Gasteiger partial charge >= 0.3 is 5.97 Å². The maximum absolute atomic E-state index is 10.6. The summed E-state index contributed by atoms with van der Waals surface area (Å²) in [5.74, 6) is -0.00762. The van der Waals surface area contributed by atoms with Crippen molar-refractivity contribution in [2.45, 2.75) is 13.0 Å². The Labute approximate surface area is 96.5 Å². The van der Waals surface area contributed by atoms with Gasteiger partial charge in [0.25, 0.3) is 0 Å². The van der Waals surface area contributed by atoms with Crippen molar-refractivity contribution in [2.75, 3.05) is 6.79 Å². The van der Waals surface area contributed by atoms with Crippen LogP contribution < -0.4 is 14.2 Å². The van der Waals surface area contributed by atoms with E-state index in [0.29, 0.717) is 22.3 Å². The minimum atomic E-state index is -1.05. The van der Waals surface area contributed by atoms with Crippen LogP contribution in [0.25, 0.3) is 0 Å². The summed E-state index contributed by atoms with van der Waals surface area (Å²) in [5.41, 5.74) is 0. The summed E-state index contributed by atoms with van der Waals surface area (Å²) in [4.78, 5) is 10.6. The molecule has 0 spiro atoms. The Hall–Kier alpha value is -1.62. The largest absolute Gasteiger partial charge is 0.479 e. The molecule has 0 aromatic heterocycles. The lowest BCUT2D eigenvalue weighted by atomic mass is 10.3. The van der Waals surface area contributed by atoms with Gasteiger partial charge in [-0.05, 0) is 19.1 Å². The number of benzene rings is 1. The Balaban J connectivity index is 2.29. The third kappa shape index (κ3) is 1.86. The Morgan fingerprint density at radius 3 is 2.88 bits per heavy atom. The van der Waals surface area contributed by atoms with Crippen molar-refractivity contribution < 1.29 is 24.1 Å². The van der Waals surface area contributed by atoms with Gasteiger partial charge in [-0.25, -0.2) is 4.79 Å². The Morgan fingerprint density at radius 1 is 1.50 bits per heavy atom. The topological polar surface area (TPSA) is 65.0 Å². The van der Waals surface area contributed by atoms with Crippen LogP contribution in [0.1, 0.15) is 6.92 Å². The highest BCUT2D eigenvalue weighted by molar-refractivity contribution is 6.32. The van der Waals surface area contributed by atoms with Crippen LogP contribution in [-0.4, -0.2) is 24.0 Å². The van der Waals surface area contributed by atoms with E-state index in [1.54, 1.807) is 12.1 Å². The summed E-state index contributed by atoms with van der Waals surface area (Å²) in [6, 6.07) is 3.12. The van der Waals surface area contributed by atoms with E-state index in [-0.39, 0.29) is 6.79 Å². The van der Waals surface area contributed by atoms with Gasteiger partial charge in [-0.1, -0.05) is 11.6 Å². The predicted octanol–water partition coefficient (Wildman–Crippen LogP) is 1.92. The SMILES string of the molecule is CC(Oc1ccc(Cl)c2c1OCO2)C(=O)O. The zero-order valence-electron chi connectivity index (χ0n) is 8.40. The van der Waals surface area contributed by atoms with Gasteiger partial charge in [-0.15, -0.1) is 0 Å². The normalized spacial score (nSPS) is 14.6. The molecule has 1 aliphatic heterocycles. The average Bonchev–Trinajstić information content (AvgIpc) is 2.71. The van der Waals surface area contributed by atoms with E-state index in [2.05, 4.69) is 0 Å². The second-order valence-corrected chi connectivity index (χ2v) is 3.62. The first-order valence-corrected chi connectivity index (χ1v) is 4.95. The lowest BCUT2D eigenvalue weighted by Crippen LogP contribution is -2.23. The number of hydrogen-bond donors (Lipinski definition) is 1. The Morgan fingerprint density at radius 2 is 2.19 bits per heavy atom. The lowest BCUT2D eigenvalue weighted by molar-refractivity contribution is -0.144. The van der Waals surface area contributed by atoms with E-state index in [4.69, 9.17) is 30.9 Å². The number of fused-ring (bicyclic) bond motifs is 1. The van der Waals surface area contributed by atoms with Crippen LogP contribution in [-0.2, 0) is 4.79 Å². The first kappa shape index (κ1) is 10.9. The molecule has 1 aliphatic rings. The standard InChI is InChI=1S/C10H9ClO5/c1-5(10(12)13)16-7-3-2-6(11)8-9(7)15-4-14-8/h2-3,5H,4H2,1H3,(H,12,13). The van der Waals surface area contributed by atoms with Crippen molar-refractivity contribution in [3.05, 3.63) is 17.2 Å². The van der Waals surface area contributed by atoms with Crippen LogP contribution in [0.5, 0.6) is 17.2 Å². The predicted molar refractivity (Wildman–Crippen MR) is 55.3 cm³/mol.